The average molecular weight is 481 g/mol. The Morgan fingerprint density at radius 3 is 2.45 bits per heavy atom. The Labute approximate surface area is 201 Å². The van der Waals surface area contributed by atoms with Crippen molar-refractivity contribution in [2.75, 3.05) is 6.61 Å². The van der Waals surface area contributed by atoms with Gasteiger partial charge in [0.15, 0.2) is 4.80 Å². The maximum atomic E-state index is 13.6. The van der Waals surface area contributed by atoms with Crippen LogP contribution in [0.5, 0.6) is 0 Å². The van der Waals surface area contributed by atoms with Crippen LogP contribution in [0.4, 0.5) is 0 Å². The van der Waals surface area contributed by atoms with Crippen molar-refractivity contribution in [1.29, 1.82) is 0 Å². The van der Waals surface area contributed by atoms with E-state index in [2.05, 4.69) is 31.0 Å². The lowest BCUT2D eigenvalue weighted by Crippen LogP contribution is -2.39. The Morgan fingerprint density at radius 1 is 1.18 bits per heavy atom. The molecule has 0 amide bonds. The first-order valence-electron chi connectivity index (χ1n) is 10.8. The normalized spacial score (nSPS) is 16.1. The molecule has 0 spiro atoms. The van der Waals surface area contributed by atoms with Gasteiger partial charge in [-0.3, -0.25) is 9.36 Å². The minimum Gasteiger partial charge on any atom is -0.463 e. The Morgan fingerprint density at radius 2 is 1.85 bits per heavy atom. The van der Waals surface area contributed by atoms with Crippen LogP contribution in [0.1, 0.15) is 56.3 Å². The van der Waals surface area contributed by atoms with Crippen molar-refractivity contribution in [3.05, 3.63) is 101 Å². The zero-order valence-corrected chi connectivity index (χ0v) is 20.5. The van der Waals surface area contributed by atoms with E-state index in [1.165, 1.54) is 16.9 Å². The number of carbonyl (C=O) groups is 1. The highest BCUT2D eigenvalue weighted by Crippen LogP contribution is 2.31. The van der Waals surface area contributed by atoms with E-state index in [9.17, 15) is 9.59 Å². The molecule has 0 radical (unpaired) electrons. The molecule has 1 aliphatic rings. The van der Waals surface area contributed by atoms with Crippen LogP contribution in [0.15, 0.2) is 69.6 Å². The summed E-state index contributed by atoms with van der Waals surface area (Å²) in [4.78, 5) is 31.6. The van der Waals surface area contributed by atoms with Crippen molar-refractivity contribution in [2.45, 2.75) is 39.7 Å². The van der Waals surface area contributed by atoms with Gasteiger partial charge in [-0.1, -0.05) is 73.2 Å². The monoisotopic (exact) mass is 480 g/mol. The molecule has 0 N–H and O–H groups in total. The summed E-state index contributed by atoms with van der Waals surface area (Å²) in [5, 5.41) is 0.578. The fourth-order valence-electron chi connectivity index (χ4n) is 3.88. The van der Waals surface area contributed by atoms with E-state index in [0.717, 1.165) is 11.1 Å². The second-order valence-electron chi connectivity index (χ2n) is 8.18. The van der Waals surface area contributed by atoms with Gasteiger partial charge in [-0.2, -0.15) is 0 Å². The Hall–Kier alpha value is -2.96. The molecule has 4 rings (SSSR count). The fraction of sp³-hybridized carbons (Fsp3) is 0.269. The summed E-state index contributed by atoms with van der Waals surface area (Å²) in [6.45, 7) is 8.06. The summed E-state index contributed by atoms with van der Waals surface area (Å²) in [7, 11) is 0. The second kappa shape index (κ2) is 9.49. The topological polar surface area (TPSA) is 60.7 Å². The predicted molar refractivity (Wildman–Crippen MR) is 132 cm³/mol. The van der Waals surface area contributed by atoms with Gasteiger partial charge < -0.3 is 4.74 Å². The van der Waals surface area contributed by atoms with Crippen LogP contribution in [0.2, 0.25) is 5.02 Å². The van der Waals surface area contributed by atoms with Crippen molar-refractivity contribution < 1.29 is 9.53 Å². The van der Waals surface area contributed by atoms with Gasteiger partial charge in [0.25, 0.3) is 5.56 Å². The fourth-order valence-corrected chi connectivity index (χ4v) is 5.05. The molecule has 0 fully saturated rings. The van der Waals surface area contributed by atoms with Crippen LogP contribution >= 0.6 is 22.9 Å². The number of ether oxygens (including phenoxy) is 1. The number of thiazole rings is 1. The summed E-state index contributed by atoms with van der Waals surface area (Å²) in [5.74, 6) is -0.0368. The number of nitrogens with zero attached hydrogens (tertiary/aromatic N) is 2. The van der Waals surface area contributed by atoms with Gasteiger partial charge in [0.05, 0.1) is 28.5 Å². The van der Waals surface area contributed by atoms with E-state index < -0.39 is 12.0 Å². The number of allylic oxidation sites excluding steroid dienone is 1. The summed E-state index contributed by atoms with van der Waals surface area (Å²) >= 11 is 7.41. The first kappa shape index (κ1) is 23.2. The van der Waals surface area contributed by atoms with Gasteiger partial charge in [0, 0.05) is 5.02 Å². The number of fused-ring (bicyclic) bond motifs is 1. The van der Waals surface area contributed by atoms with Gasteiger partial charge in [-0.25, -0.2) is 9.79 Å². The highest BCUT2D eigenvalue weighted by atomic mass is 35.5. The van der Waals surface area contributed by atoms with Crippen molar-refractivity contribution in [3.63, 3.8) is 0 Å². The SMILES string of the molecule is CCOC(=O)C1=C(C)N=c2s/c(=C\c3ccc(C(C)C)cc3)c(=O)n2[C@@H]1c1ccc(Cl)cc1. The van der Waals surface area contributed by atoms with Crippen LogP contribution in [-0.4, -0.2) is 17.1 Å². The Bertz CT molecular complexity index is 1400. The quantitative estimate of drug-likeness (QED) is 0.502. The number of rotatable bonds is 5. The third-order valence-corrected chi connectivity index (χ3v) is 6.84. The highest BCUT2D eigenvalue weighted by Gasteiger charge is 2.33. The van der Waals surface area contributed by atoms with E-state index >= 15 is 0 Å². The van der Waals surface area contributed by atoms with Crippen molar-refractivity contribution >= 4 is 35.0 Å². The third kappa shape index (κ3) is 4.59. The standard InChI is InChI=1S/C26H25ClN2O3S/c1-5-32-25(31)22-16(4)28-26-29(23(22)19-10-12-20(27)13-11-19)24(30)21(33-26)14-17-6-8-18(9-7-17)15(2)3/h6-15,23H,5H2,1-4H3/b21-14-/t23-/m1/s1. The van der Waals surface area contributed by atoms with Crippen LogP contribution in [0, 0.1) is 0 Å². The summed E-state index contributed by atoms with van der Waals surface area (Å²) < 4.78 is 7.46. The first-order chi connectivity index (χ1) is 15.8. The number of aromatic nitrogens is 1. The lowest BCUT2D eigenvalue weighted by Gasteiger charge is -2.24. The van der Waals surface area contributed by atoms with Crippen molar-refractivity contribution in [1.82, 2.24) is 4.57 Å². The molecular weight excluding hydrogens is 456 g/mol. The number of carbonyl (C=O) groups excluding carboxylic acids is 1. The molecule has 0 bridgehead atoms. The largest absolute Gasteiger partial charge is 0.463 e. The predicted octanol–water partition coefficient (Wildman–Crippen LogP) is 4.58. The number of hydrogen-bond acceptors (Lipinski definition) is 5. The molecule has 3 aromatic rings. The number of esters is 1. The highest BCUT2D eigenvalue weighted by molar-refractivity contribution is 7.07. The van der Waals surface area contributed by atoms with Gasteiger partial charge >= 0.3 is 5.97 Å². The van der Waals surface area contributed by atoms with Gasteiger partial charge in [-0.05, 0) is 54.7 Å². The molecule has 5 nitrogen and oxygen atoms in total. The molecule has 1 aromatic heterocycles. The van der Waals surface area contributed by atoms with Gasteiger partial charge in [0.2, 0.25) is 0 Å². The molecule has 0 saturated carbocycles. The Balaban J connectivity index is 1.90. The third-order valence-electron chi connectivity index (χ3n) is 5.60. The molecule has 1 aliphatic heterocycles. The minimum absolute atomic E-state index is 0.194. The summed E-state index contributed by atoms with van der Waals surface area (Å²) in [5.41, 5.74) is 3.66. The first-order valence-corrected chi connectivity index (χ1v) is 12.0. The summed E-state index contributed by atoms with van der Waals surface area (Å²) in [6.07, 6.45) is 1.87. The maximum absolute atomic E-state index is 13.6. The van der Waals surface area contributed by atoms with E-state index in [1.807, 2.05) is 30.3 Å². The van der Waals surface area contributed by atoms with Crippen LogP contribution < -0.4 is 14.9 Å². The number of hydrogen-bond donors (Lipinski definition) is 0. The molecule has 7 heteroatoms. The Kier molecular flexibility index (Phi) is 6.68. The zero-order valence-electron chi connectivity index (χ0n) is 19.0. The van der Waals surface area contributed by atoms with E-state index in [1.54, 1.807) is 30.5 Å². The molecule has 170 valence electrons. The minimum atomic E-state index is -0.636. The number of benzene rings is 2. The van der Waals surface area contributed by atoms with Crippen LogP contribution in [0.3, 0.4) is 0 Å². The molecule has 0 saturated heterocycles. The van der Waals surface area contributed by atoms with E-state index in [4.69, 9.17) is 16.3 Å². The van der Waals surface area contributed by atoms with Crippen LogP contribution in [-0.2, 0) is 9.53 Å². The molecule has 33 heavy (non-hydrogen) atoms. The van der Waals surface area contributed by atoms with Gasteiger partial charge in [0.1, 0.15) is 0 Å². The lowest BCUT2D eigenvalue weighted by molar-refractivity contribution is -0.139. The number of halogens is 1. The smallest absolute Gasteiger partial charge is 0.338 e. The van der Waals surface area contributed by atoms with Crippen LogP contribution in [0.25, 0.3) is 6.08 Å². The molecule has 0 unspecified atom stereocenters. The van der Waals surface area contributed by atoms with Crippen molar-refractivity contribution in [2.24, 2.45) is 4.99 Å². The lowest BCUT2D eigenvalue weighted by atomic mass is 9.96. The molecule has 1 atom stereocenters. The zero-order chi connectivity index (χ0) is 23.7. The van der Waals surface area contributed by atoms with E-state index in [0.29, 0.717) is 31.5 Å². The van der Waals surface area contributed by atoms with Crippen molar-refractivity contribution in [3.8, 4) is 0 Å². The molecule has 2 aromatic carbocycles. The second-order valence-corrected chi connectivity index (χ2v) is 9.62. The molecule has 0 aliphatic carbocycles. The van der Waals surface area contributed by atoms with Gasteiger partial charge in [-0.15, -0.1) is 0 Å². The molecule has 2 heterocycles. The maximum Gasteiger partial charge on any atom is 0.338 e. The van der Waals surface area contributed by atoms with E-state index in [-0.39, 0.29) is 12.2 Å². The summed E-state index contributed by atoms with van der Waals surface area (Å²) in [6, 6.07) is 14.7. The molecular formula is C26H25ClN2O3S. The average Bonchev–Trinajstić information content (AvgIpc) is 3.08.